The van der Waals surface area contributed by atoms with Gasteiger partial charge in [0.05, 0.1) is 32.0 Å². The maximum absolute atomic E-state index is 12.7. The molecule has 3 rings (SSSR count). The van der Waals surface area contributed by atoms with Crippen molar-refractivity contribution in [1.82, 2.24) is 0 Å². The molecule has 0 saturated carbocycles. The summed E-state index contributed by atoms with van der Waals surface area (Å²) in [5.74, 6) is -0.659. The standard InChI is InChI=1S/C16H12Cl2N4O7S2.Na/c1-8-15(20-19-9-2-4-10(5-3-9)30(24,25)26)16(23)22(21-8)13-6-12(18)14(7-11(13)17)31(27,28)29;/h2-7,15H,1H3,(H,24,25,26)(H,27,28,29);. The number of carbonyl (C=O) groups excluding carboxylic acids is 1. The smallest absolute Gasteiger partial charge is 0.282 e. The van der Waals surface area contributed by atoms with Gasteiger partial charge in [0.15, 0.2) is 6.04 Å². The fraction of sp³-hybridized carbons (Fsp3) is 0.125. The molecule has 0 saturated heterocycles. The Bertz CT molecular complexity index is 1350. The van der Waals surface area contributed by atoms with E-state index >= 15 is 0 Å². The van der Waals surface area contributed by atoms with Crippen LogP contribution >= 0.6 is 23.2 Å². The largest absolute Gasteiger partial charge is 0.296 e. The Kier molecular flexibility index (Phi) is 8.24. The fourth-order valence-electron chi connectivity index (χ4n) is 2.55. The quantitative estimate of drug-likeness (QED) is 0.341. The Morgan fingerprint density at radius 2 is 1.59 bits per heavy atom. The Hall–Kier alpha value is -1.42. The molecule has 16 heteroatoms. The van der Waals surface area contributed by atoms with Crippen LogP contribution in [0.3, 0.4) is 0 Å². The summed E-state index contributed by atoms with van der Waals surface area (Å²) < 4.78 is 62.9. The molecule has 1 aliphatic rings. The maximum atomic E-state index is 12.7. The molecule has 1 aliphatic heterocycles. The van der Waals surface area contributed by atoms with Crippen molar-refractivity contribution in [3.05, 3.63) is 46.4 Å². The average Bonchev–Trinajstić information content (AvgIpc) is 2.94. The molecule has 0 bridgehead atoms. The summed E-state index contributed by atoms with van der Waals surface area (Å²) in [5.41, 5.74) is 0.429. The van der Waals surface area contributed by atoms with Crippen LogP contribution in [0.1, 0.15) is 6.92 Å². The van der Waals surface area contributed by atoms with Gasteiger partial charge in [-0.25, -0.2) is 0 Å². The summed E-state index contributed by atoms with van der Waals surface area (Å²) in [5, 5.41) is 12.1. The molecule has 1 radical (unpaired) electrons. The van der Waals surface area contributed by atoms with Gasteiger partial charge >= 0.3 is 0 Å². The van der Waals surface area contributed by atoms with E-state index in [4.69, 9.17) is 27.8 Å². The normalized spacial score (nSPS) is 16.9. The first kappa shape index (κ1) is 26.8. The van der Waals surface area contributed by atoms with Gasteiger partial charge in [-0.3, -0.25) is 13.9 Å². The van der Waals surface area contributed by atoms with E-state index in [1.54, 1.807) is 0 Å². The number of halogens is 2. The molecule has 32 heavy (non-hydrogen) atoms. The predicted octanol–water partition coefficient (Wildman–Crippen LogP) is 2.98. The van der Waals surface area contributed by atoms with E-state index in [0.717, 1.165) is 29.3 Å². The third-order valence-corrected chi connectivity index (χ3v) is 6.52. The van der Waals surface area contributed by atoms with E-state index in [1.807, 2.05) is 0 Å². The first-order valence-electron chi connectivity index (χ1n) is 8.13. The third kappa shape index (κ3) is 5.73. The van der Waals surface area contributed by atoms with Crippen LogP contribution in [0.15, 0.2) is 61.5 Å². The number of carbonyl (C=O) groups is 1. The summed E-state index contributed by atoms with van der Waals surface area (Å²) in [6, 6.07) is 5.62. The molecular weight excluding hydrogens is 518 g/mol. The first-order chi connectivity index (χ1) is 14.3. The number of azo groups is 1. The van der Waals surface area contributed by atoms with Crippen molar-refractivity contribution in [2.75, 3.05) is 5.01 Å². The van der Waals surface area contributed by atoms with E-state index in [2.05, 4.69) is 15.3 Å². The first-order valence-corrected chi connectivity index (χ1v) is 11.8. The van der Waals surface area contributed by atoms with E-state index in [9.17, 15) is 26.2 Å². The second kappa shape index (κ2) is 9.83. The summed E-state index contributed by atoms with van der Waals surface area (Å²) in [6.07, 6.45) is 0. The maximum Gasteiger partial charge on any atom is 0.296 e. The van der Waals surface area contributed by atoms with Crippen molar-refractivity contribution in [1.29, 1.82) is 0 Å². The number of hydrogen-bond acceptors (Lipinski definition) is 8. The van der Waals surface area contributed by atoms with Crippen LogP contribution < -0.4 is 5.01 Å². The molecule has 1 atom stereocenters. The van der Waals surface area contributed by atoms with Gasteiger partial charge in [0, 0.05) is 29.6 Å². The van der Waals surface area contributed by atoms with Gasteiger partial charge in [-0.15, -0.1) is 0 Å². The van der Waals surface area contributed by atoms with Gasteiger partial charge in [0.2, 0.25) is 0 Å². The Morgan fingerprint density at radius 1 is 1.00 bits per heavy atom. The van der Waals surface area contributed by atoms with E-state index in [0.29, 0.717) is 0 Å². The molecule has 0 fully saturated rings. The molecule has 0 aromatic heterocycles. The van der Waals surface area contributed by atoms with Crippen LogP contribution in [0.4, 0.5) is 11.4 Å². The molecule has 0 aliphatic carbocycles. The molecule has 11 nitrogen and oxygen atoms in total. The number of rotatable bonds is 5. The molecule has 2 aromatic rings. The number of nitrogens with zero attached hydrogens (tertiary/aromatic N) is 4. The minimum Gasteiger partial charge on any atom is -0.282 e. The summed E-state index contributed by atoms with van der Waals surface area (Å²) in [7, 11) is -8.98. The van der Waals surface area contributed by atoms with Crippen LogP contribution in [0.5, 0.6) is 0 Å². The average molecular weight is 530 g/mol. The molecule has 0 spiro atoms. The summed E-state index contributed by atoms with van der Waals surface area (Å²) in [4.78, 5) is 11.8. The van der Waals surface area contributed by atoms with Crippen molar-refractivity contribution < 1.29 is 30.7 Å². The number of hydrogen-bond donors (Lipinski definition) is 2. The van der Waals surface area contributed by atoms with Gasteiger partial charge in [-0.1, -0.05) is 23.2 Å². The molecule has 1 unspecified atom stereocenters. The van der Waals surface area contributed by atoms with Crippen molar-refractivity contribution in [3.63, 3.8) is 0 Å². The van der Waals surface area contributed by atoms with E-state index < -0.39 is 37.1 Å². The van der Waals surface area contributed by atoms with Crippen LogP contribution in [0.25, 0.3) is 0 Å². The molecule has 2 N–H and O–H groups in total. The van der Waals surface area contributed by atoms with Gasteiger partial charge in [-0.05, 0) is 43.3 Å². The van der Waals surface area contributed by atoms with Crippen LogP contribution in [-0.4, -0.2) is 73.2 Å². The van der Waals surface area contributed by atoms with E-state index in [1.165, 1.54) is 19.1 Å². The second-order valence-corrected chi connectivity index (χ2v) is 9.81. The van der Waals surface area contributed by atoms with Gasteiger partial charge in [-0.2, -0.15) is 37.2 Å². The zero-order valence-corrected chi connectivity index (χ0v) is 21.5. The van der Waals surface area contributed by atoms with Crippen molar-refractivity contribution >= 4 is 96.0 Å². The zero-order chi connectivity index (χ0) is 23.1. The van der Waals surface area contributed by atoms with Gasteiger partial charge in [0.25, 0.3) is 26.1 Å². The second-order valence-electron chi connectivity index (χ2n) is 6.19. The van der Waals surface area contributed by atoms with Crippen LogP contribution in [0.2, 0.25) is 10.0 Å². The minimum atomic E-state index is -4.63. The summed E-state index contributed by atoms with van der Waals surface area (Å²) in [6.45, 7) is 1.51. The Balaban J connectivity index is 0.00000363. The van der Waals surface area contributed by atoms with Crippen molar-refractivity contribution in [2.45, 2.75) is 22.8 Å². The number of hydrazone groups is 1. The van der Waals surface area contributed by atoms with Crippen LogP contribution in [-0.2, 0) is 25.0 Å². The molecule has 1 heterocycles. The Morgan fingerprint density at radius 3 is 2.12 bits per heavy atom. The molecule has 165 valence electrons. The SMILES string of the molecule is CC1=NN(c2cc(Cl)c(S(=O)(=O)O)cc2Cl)C(=O)C1N=Nc1ccc(S(=O)(=O)O)cc1.[Na]. The summed E-state index contributed by atoms with van der Waals surface area (Å²) >= 11 is 11.9. The number of benzene rings is 2. The Labute approximate surface area is 214 Å². The zero-order valence-electron chi connectivity index (χ0n) is 16.3. The van der Waals surface area contributed by atoms with Gasteiger partial charge < -0.3 is 0 Å². The minimum absolute atomic E-state index is 0. The third-order valence-electron chi connectivity index (χ3n) is 4.03. The molecule has 1 amide bonds. The fourth-order valence-corrected chi connectivity index (χ4v) is 4.36. The van der Waals surface area contributed by atoms with Crippen molar-refractivity contribution in [3.8, 4) is 0 Å². The number of anilines is 1. The van der Waals surface area contributed by atoms with E-state index in [-0.39, 0.29) is 61.6 Å². The van der Waals surface area contributed by atoms with Crippen LogP contribution in [0, 0.1) is 0 Å². The van der Waals surface area contributed by atoms with Crippen molar-refractivity contribution in [2.24, 2.45) is 15.3 Å². The molecule has 2 aromatic carbocycles. The topological polar surface area (TPSA) is 166 Å². The monoisotopic (exact) mass is 529 g/mol. The molecular formula is C16H12Cl2N4NaO7S2. The predicted molar refractivity (Wildman–Crippen MR) is 117 cm³/mol. The van der Waals surface area contributed by atoms with Gasteiger partial charge in [0.1, 0.15) is 4.90 Å². The number of amides is 1.